The van der Waals surface area contributed by atoms with Crippen molar-refractivity contribution < 1.29 is 18.9 Å². The maximum atomic E-state index is 11.8. The number of carbonyl (C=O) groups is 2. The lowest BCUT2D eigenvalue weighted by molar-refractivity contribution is -0.145. The Balaban J connectivity index is 1.82. The summed E-state index contributed by atoms with van der Waals surface area (Å²) in [5.41, 5.74) is 2.27. The number of hydrogen-bond acceptors (Lipinski definition) is 6. The summed E-state index contributed by atoms with van der Waals surface area (Å²) < 4.78 is 11.2. The molecule has 3 rings (SSSR count). The van der Waals surface area contributed by atoms with E-state index < -0.39 is 19.1 Å². The quantitative estimate of drug-likeness (QED) is 0.781. The molecule has 2 heterocycles. The van der Waals surface area contributed by atoms with Crippen LogP contribution < -0.4 is 4.78 Å². The number of aryl methyl sites for hydroxylation is 1. The molecule has 0 unspecified atom stereocenters. The van der Waals surface area contributed by atoms with E-state index >= 15 is 0 Å². The van der Waals surface area contributed by atoms with Gasteiger partial charge >= 0.3 is 19.1 Å². The molecule has 1 aliphatic rings. The molecular weight excluding hydrogens is 313 g/mol. The average Bonchev–Trinajstić information content (AvgIpc) is 2.95. The second-order valence-electron chi connectivity index (χ2n) is 5.55. The second-order valence-corrected chi connectivity index (χ2v) is 6.67. The molecule has 7 heteroatoms. The molecule has 1 saturated heterocycles. The maximum Gasteiger partial charge on any atom is 0.647 e. The van der Waals surface area contributed by atoms with Gasteiger partial charge in [0.1, 0.15) is 0 Å². The molecule has 1 fully saturated rings. The van der Waals surface area contributed by atoms with Gasteiger partial charge in [-0.25, -0.2) is 0 Å². The van der Waals surface area contributed by atoms with E-state index in [1.54, 1.807) is 11.9 Å². The number of carbonyl (C=O) groups excluding carboxylic acids is 2. The van der Waals surface area contributed by atoms with Crippen molar-refractivity contribution in [2.45, 2.75) is 6.92 Å². The van der Waals surface area contributed by atoms with Crippen LogP contribution in [0.2, 0.25) is 0 Å². The number of hydrogen-bond donors (Lipinski definition) is 0. The molecule has 0 radical (unpaired) electrons. The zero-order valence-corrected chi connectivity index (χ0v) is 13.8. The number of rotatable bonds is 2. The predicted octanol–water partition coefficient (Wildman–Crippen LogP) is 1.45. The molecule has 0 atom stereocenters. The summed E-state index contributed by atoms with van der Waals surface area (Å²) in [4.78, 5) is 26.2. The first kappa shape index (κ1) is 15.8. The molecule has 0 aliphatic carbocycles. The van der Waals surface area contributed by atoms with Crippen molar-refractivity contribution in [1.82, 2.24) is 4.90 Å². The molecule has 0 amide bonds. The highest BCUT2D eigenvalue weighted by Crippen LogP contribution is 2.24. The zero-order chi connectivity index (χ0) is 16.4. The van der Waals surface area contributed by atoms with Crippen LogP contribution in [0.4, 0.5) is 0 Å². The van der Waals surface area contributed by atoms with Gasteiger partial charge in [-0.1, -0.05) is 29.8 Å². The van der Waals surface area contributed by atoms with Gasteiger partial charge in [0.15, 0.2) is 0 Å². The Kier molecular flexibility index (Phi) is 4.50. The average molecular weight is 329 g/mol. The van der Waals surface area contributed by atoms with Gasteiger partial charge in [-0.3, -0.25) is 14.5 Å². The SMILES string of the molecule is Cc1ccc(-c2ccc(B3OC(=O)CN(C)CC(=O)O3)s2)cc1. The van der Waals surface area contributed by atoms with Crippen molar-refractivity contribution >= 4 is 35.2 Å². The molecule has 118 valence electrons. The van der Waals surface area contributed by atoms with Crippen LogP contribution in [-0.2, 0) is 18.9 Å². The Morgan fingerprint density at radius 1 is 1.00 bits per heavy atom. The van der Waals surface area contributed by atoms with Crippen LogP contribution in [0.5, 0.6) is 0 Å². The molecule has 5 nitrogen and oxygen atoms in total. The summed E-state index contributed by atoms with van der Waals surface area (Å²) in [6.45, 7) is 2.18. The molecule has 1 aromatic heterocycles. The first-order valence-corrected chi connectivity index (χ1v) is 8.07. The Morgan fingerprint density at radius 2 is 1.61 bits per heavy atom. The fourth-order valence-corrected chi connectivity index (χ4v) is 3.28. The van der Waals surface area contributed by atoms with E-state index in [1.165, 1.54) is 16.9 Å². The molecule has 0 bridgehead atoms. The van der Waals surface area contributed by atoms with Gasteiger partial charge in [0, 0.05) is 4.88 Å². The summed E-state index contributed by atoms with van der Waals surface area (Å²) in [6.07, 6.45) is 0. The highest BCUT2D eigenvalue weighted by molar-refractivity contribution is 7.25. The van der Waals surface area contributed by atoms with Crippen LogP contribution in [0.3, 0.4) is 0 Å². The third-order valence-electron chi connectivity index (χ3n) is 3.47. The fourth-order valence-electron chi connectivity index (χ4n) is 2.30. The van der Waals surface area contributed by atoms with Crippen molar-refractivity contribution in [2.24, 2.45) is 0 Å². The van der Waals surface area contributed by atoms with E-state index in [9.17, 15) is 9.59 Å². The molecule has 0 N–H and O–H groups in total. The Morgan fingerprint density at radius 3 is 2.22 bits per heavy atom. The lowest BCUT2D eigenvalue weighted by atomic mass is 9.87. The monoisotopic (exact) mass is 329 g/mol. The molecule has 0 spiro atoms. The van der Waals surface area contributed by atoms with E-state index in [2.05, 4.69) is 0 Å². The van der Waals surface area contributed by atoms with E-state index in [0.29, 0.717) is 4.78 Å². The molecule has 1 aromatic carbocycles. The van der Waals surface area contributed by atoms with Gasteiger partial charge in [0.25, 0.3) is 0 Å². The minimum absolute atomic E-state index is 0.0712. The normalized spacial score (nSPS) is 16.5. The van der Waals surface area contributed by atoms with Gasteiger partial charge in [-0.15, -0.1) is 11.3 Å². The lowest BCUT2D eigenvalue weighted by Crippen LogP contribution is -2.47. The minimum atomic E-state index is -0.965. The molecule has 0 saturated carbocycles. The summed E-state index contributed by atoms with van der Waals surface area (Å²) in [5.74, 6) is -0.814. The first-order valence-electron chi connectivity index (χ1n) is 7.25. The summed E-state index contributed by atoms with van der Waals surface area (Å²) >= 11 is 1.45. The van der Waals surface area contributed by atoms with E-state index in [4.69, 9.17) is 9.31 Å². The molecular formula is C16H16BNO4S. The Labute approximate surface area is 139 Å². The number of thiophene rings is 1. The van der Waals surface area contributed by atoms with Crippen LogP contribution in [0.15, 0.2) is 36.4 Å². The summed E-state index contributed by atoms with van der Waals surface area (Å²) in [7, 11) is 0.705. The van der Waals surface area contributed by atoms with Crippen LogP contribution >= 0.6 is 11.3 Å². The van der Waals surface area contributed by atoms with Crippen LogP contribution in [0.1, 0.15) is 5.56 Å². The molecule has 1 aliphatic heterocycles. The first-order chi connectivity index (χ1) is 11.0. The predicted molar refractivity (Wildman–Crippen MR) is 89.6 cm³/mol. The highest BCUT2D eigenvalue weighted by Gasteiger charge is 2.35. The van der Waals surface area contributed by atoms with Gasteiger partial charge in [0.2, 0.25) is 0 Å². The van der Waals surface area contributed by atoms with Crippen molar-refractivity contribution in [3.8, 4) is 10.4 Å². The lowest BCUT2D eigenvalue weighted by Gasteiger charge is -2.21. The van der Waals surface area contributed by atoms with E-state index in [0.717, 1.165) is 10.4 Å². The molecule has 23 heavy (non-hydrogen) atoms. The van der Waals surface area contributed by atoms with Crippen molar-refractivity contribution in [3.63, 3.8) is 0 Å². The highest BCUT2D eigenvalue weighted by atomic mass is 32.1. The summed E-state index contributed by atoms with van der Waals surface area (Å²) in [5, 5.41) is 0. The van der Waals surface area contributed by atoms with Gasteiger partial charge in [0.05, 0.1) is 17.9 Å². The van der Waals surface area contributed by atoms with Crippen LogP contribution in [0.25, 0.3) is 10.4 Å². The van der Waals surface area contributed by atoms with E-state index in [1.807, 2.05) is 43.3 Å². The minimum Gasteiger partial charge on any atom is -0.494 e. The number of nitrogens with zero attached hydrogens (tertiary/aromatic N) is 1. The fraction of sp³-hybridized carbons (Fsp3) is 0.250. The van der Waals surface area contributed by atoms with Crippen molar-refractivity contribution in [1.29, 1.82) is 0 Å². The third-order valence-corrected chi connectivity index (χ3v) is 4.63. The standard InChI is InChI=1S/C16H16BNO4S/c1-11-3-5-12(6-4-11)13-7-8-14(23-13)17-21-15(19)9-18(2)10-16(20)22-17/h3-8H,9-10H2,1-2H3. The van der Waals surface area contributed by atoms with Gasteiger partial charge in [-0.05, 0) is 31.7 Å². The van der Waals surface area contributed by atoms with Crippen molar-refractivity contribution in [3.05, 3.63) is 42.0 Å². The largest absolute Gasteiger partial charge is 0.647 e. The smallest absolute Gasteiger partial charge is 0.494 e. The van der Waals surface area contributed by atoms with Gasteiger partial charge < -0.3 is 9.31 Å². The second kappa shape index (κ2) is 6.56. The number of benzene rings is 1. The Hall–Kier alpha value is -2.12. The molecule has 2 aromatic rings. The Bertz CT molecular complexity index is 708. The zero-order valence-electron chi connectivity index (χ0n) is 12.9. The van der Waals surface area contributed by atoms with E-state index in [-0.39, 0.29) is 13.1 Å². The van der Waals surface area contributed by atoms with Crippen LogP contribution in [-0.4, -0.2) is 44.1 Å². The summed E-state index contributed by atoms with van der Waals surface area (Å²) in [6, 6.07) is 11.9. The maximum absolute atomic E-state index is 11.8. The third kappa shape index (κ3) is 3.81. The van der Waals surface area contributed by atoms with Gasteiger partial charge in [-0.2, -0.15) is 0 Å². The van der Waals surface area contributed by atoms with Crippen LogP contribution in [0, 0.1) is 6.92 Å². The van der Waals surface area contributed by atoms with Crippen molar-refractivity contribution in [2.75, 3.05) is 20.1 Å². The number of likely N-dealkylation sites (N-methyl/N-ethyl adjacent to an activating group) is 1. The topological polar surface area (TPSA) is 55.8 Å².